The number of anilines is 1. The van der Waals surface area contributed by atoms with Crippen LogP contribution in [0.3, 0.4) is 0 Å². The summed E-state index contributed by atoms with van der Waals surface area (Å²) in [6.07, 6.45) is 3.54. The molecule has 1 aromatic heterocycles. The molecule has 3 rings (SSSR count). The van der Waals surface area contributed by atoms with Crippen molar-refractivity contribution in [3.05, 3.63) is 77.1 Å². The van der Waals surface area contributed by atoms with Crippen LogP contribution in [-0.2, 0) is 16.1 Å². The van der Waals surface area contributed by atoms with Gasteiger partial charge in [0.1, 0.15) is 0 Å². The highest BCUT2D eigenvalue weighted by Crippen LogP contribution is 2.20. The summed E-state index contributed by atoms with van der Waals surface area (Å²) in [6, 6.07) is 14.1. The van der Waals surface area contributed by atoms with Gasteiger partial charge in [-0.3, -0.25) is 4.79 Å². The molecule has 2 N–H and O–H groups in total. The van der Waals surface area contributed by atoms with Crippen molar-refractivity contribution in [2.75, 3.05) is 19.4 Å². The molecule has 0 bridgehead atoms. The quantitative estimate of drug-likeness (QED) is 0.509. The summed E-state index contributed by atoms with van der Waals surface area (Å²) in [5.74, 6) is -0.968. The third kappa shape index (κ3) is 4.69. The predicted octanol–water partition coefficient (Wildman–Crippen LogP) is 2.92. The summed E-state index contributed by atoms with van der Waals surface area (Å²) in [5, 5.41) is 4.65. The first kappa shape index (κ1) is 19.4. The summed E-state index contributed by atoms with van der Waals surface area (Å²) in [5.41, 5.74) is 7.97. The first-order valence-corrected chi connectivity index (χ1v) is 8.87. The molecule has 7 nitrogen and oxygen atoms in total. The molecule has 0 atom stereocenters. The van der Waals surface area contributed by atoms with E-state index in [1.807, 2.05) is 36.5 Å². The number of halogens is 1. The Morgan fingerprint density at radius 3 is 2.68 bits per heavy atom. The van der Waals surface area contributed by atoms with Gasteiger partial charge in [0.05, 0.1) is 28.2 Å². The van der Waals surface area contributed by atoms with Gasteiger partial charge in [0, 0.05) is 25.4 Å². The lowest BCUT2D eigenvalue weighted by molar-refractivity contribution is -0.133. The van der Waals surface area contributed by atoms with Crippen LogP contribution in [0.5, 0.6) is 0 Å². The van der Waals surface area contributed by atoms with Gasteiger partial charge in [-0.2, -0.15) is 5.10 Å². The fraction of sp³-hybridized carbons (Fsp3) is 0.150. The Morgan fingerprint density at radius 2 is 1.96 bits per heavy atom. The van der Waals surface area contributed by atoms with E-state index in [4.69, 9.17) is 22.1 Å². The number of hydrogen-bond acceptors (Lipinski definition) is 5. The number of hydrogen-bond donors (Lipinski definition) is 1. The van der Waals surface area contributed by atoms with Crippen LogP contribution in [-0.4, -0.2) is 40.2 Å². The van der Waals surface area contributed by atoms with Gasteiger partial charge >= 0.3 is 5.97 Å². The Bertz CT molecular complexity index is 988. The zero-order valence-electron chi connectivity index (χ0n) is 15.2. The smallest absolute Gasteiger partial charge is 0.338 e. The van der Waals surface area contributed by atoms with E-state index in [1.165, 1.54) is 23.1 Å². The van der Waals surface area contributed by atoms with Gasteiger partial charge in [0.15, 0.2) is 6.61 Å². The van der Waals surface area contributed by atoms with E-state index in [1.54, 1.807) is 17.9 Å². The standard InChI is InChI=1S/C20H19ClN4O3/c1-24(11-14-10-23-25(12-14)16-5-3-2-4-6-16)19(26)13-28-20(27)15-7-8-17(21)18(22)9-15/h2-10,12H,11,13,22H2,1H3. The zero-order valence-corrected chi connectivity index (χ0v) is 16.0. The molecule has 1 heterocycles. The van der Waals surface area contributed by atoms with Crippen molar-refractivity contribution < 1.29 is 14.3 Å². The number of nitrogens with two attached hydrogens (primary N) is 1. The normalized spacial score (nSPS) is 10.5. The first-order valence-electron chi connectivity index (χ1n) is 8.49. The summed E-state index contributed by atoms with van der Waals surface area (Å²) in [6.45, 7) is -0.0260. The third-order valence-electron chi connectivity index (χ3n) is 4.06. The average Bonchev–Trinajstić information content (AvgIpc) is 3.17. The number of benzene rings is 2. The van der Waals surface area contributed by atoms with Crippen molar-refractivity contribution >= 4 is 29.2 Å². The molecule has 0 spiro atoms. The van der Waals surface area contributed by atoms with E-state index in [2.05, 4.69) is 5.10 Å². The van der Waals surface area contributed by atoms with Gasteiger partial charge < -0.3 is 15.4 Å². The van der Waals surface area contributed by atoms with Crippen LogP contribution in [0.2, 0.25) is 5.02 Å². The van der Waals surface area contributed by atoms with E-state index in [-0.39, 0.29) is 23.8 Å². The number of nitrogens with zero attached hydrogens (tertiary/aromatic N) is 3. The Kier molecular flexibility index (Phi) is 5.96. The van der Waals surface area contributed by atoms with E-state index in [0.717, 1.165) is 11.3 Å². The fourth-order valence-electron chi connectivity index (χ4n) is 2.52. The maximum atomic E-state index is 12.3. The number of esters is 1. The second-order valence-corrected chi connectivity index (χ2v) is 6.60. The molecule has 8 heteroatoms. The van der Waals surface area contributed by atoms with Crippen molar-refractivity contribution in [3.8, 4) is 5.69 Å². The van der Waals surface area contributed by atoms with Crippen molar-refractivity contribution in [2.24, 2.45) is 0 Å². The Balaban J connectivity index is 1.54. The van der Waals surface area contributed by atoms with Crippen LogP contribution in [0.15, 0.2) is 60.9 Å². The molecule has 0 saturated heterocycles. The highest BCUT2D eigenvalue weighted by Gasteiger charge is 2.15. The number of rotatable bonds is 6. The number of likely N-dealkylation sites (N-methyl/N-ethyl adjacent to an activating group) is 1. The van der Waals surface area contributed by atoms with Crippen LogP contribution in [0.25, 0.3) is 5.69 Å². The molecular formula is C20H19ClN4O3. The molecule has 3 aromatic rings. The van der Waals surface area contributed by atoms with Gasteiger partial charge in [0.25, 0.3) is 5.91 Å². The summed E-state index contributed by atoms with van der Waals surface area (Å²) in [4.78, 5) is 25.8. The highest BCUT2D eigenvalue weighted by atomic mass is 35.5. The summed E-state index contributed by atoms with van der Waals surface area (Å²) < 4.78 is 6.80. The second kappa shape index (κ2) is 8.58. The molecule has 0 fully saturated rings. The van der Waals surface area contributed by atoms with Gasteiger partial charge in [-0.1, -0.05) is 29.8 Å². The second-order valence-electron chi connectivity index (χ2n) is 6.19. The van der Waals surface area contributed by atoms with Crippen LogP contribution in [0.1, 0.15) is 15.9 Å². The minimum atomic E-state index is -0.637. The minimum absolute atomic E-state index is 0.237. The van der Waals surface area contributed by atoms with Crippen molar-refractivity contribution in [2.45, 2.75) is 6.54 Å². The number of carbonyl (C=O) groups excluding carboxylic acids is 2. The van der Waals surface area contributed by atoms with Crippen LogP contribution >= 0.6 is 11.6 Å². The maximum Gasteiger partial charge on any atom is 0.338 e. The topological polar surface area (TPSA) is 90.5 Å². The summed E-state index contributed by atoms with van der Waals surface area (Å²) in [7, 11) is 1.64. The molecule has 28 heavy (non-hydrogen) atoms. The lowest BCUT2D eigenvalue weighted by Gasteiger charge is -2.16. The molecule has 0 aliphatic carbocycles. The van der Waals surface area contributed by atoms with E-state index in [9.17, 15) is 9.59 Å². The Labute approximate surface area is 167 Å². The van der Waals surface area contributed by atoms with Gasteiger partial charge in [-0.15, -0.1) is 0 Å². The molecule has 144 valence electrons. The minimum Gasteiger partial charge on any atom is -0.452 e. The van der Waals surface area contributed by atoms with Crippen molar-refractivity contribution in [3.63, 3.8) is 0 Å². The molecule has 1 amide bonds. The van der Waals surface area contributed by atoms with Gasteiger partial charge in [0.2, 0.25) is 0 Å². The molecule has 0 unspecified atom stereocenters. The Hall–Kier alpha value is -3.32. The zero-order chi connectivity index (χ0) is 20.1. The number of para-hydroxylation sites is 1. The van der Waals surface area contributed by atoms with E-state index >= 15 is 0 Å². The maximum absolute atomic E-state index is 12.3. The van der Waals surface area contributed by atoms with Crippen molar-refractivity contribution in [1.29, 1.82) is 0 Å². The number of amides is 1. The first-order chi connectivity index (χ1) is 13.4. The van der Waals surface area contributed by atoms with Crippen molar-refractivity contribution in [1.82, 2.24) is 14.7 Å². The number of ether oxygens (including phenoxy) is 1. The highest BCUT2D eigenvalue weighted by molar-refractivity contribution is 6.33. The van der Waals surface area contributed by atoms with Crippen LogP contribution in [0, 0.1) is 0 Å². The SMILES string of the molecule is CN(Cc1cnn(-c2ccccc2)c1)C(=O)COC(=O)c1ccc(Cl)c(N)c1. The lowest BCUT2D eigenvalue weighted by Crippen LogP contribution is -2.30. The van der Waals surface area contributed by atoms with E-state index < -0.39 is 5.97 Å². The lowest BCUT2D eigenvalue weighted by atomic mass is 10.2. The monoisotopic (exact) mass is 398 g/mol. The molecule has 2 aromatic carbocycles. The summed E-state index contributed by atoms with van der Waals surface area (Å²) >= 11 is 5.83. The number of nitrogen functional groups attached to an aromatic ring is 1. The van der Waals surface area contributed by atoms with Gasteiger partial charge in [-0.25, -0.2) is 9.48 Å². The fourth-order valence-corrected chi connectivity index (χ4v) is 2.63. The molecule has 0 radical (unpaired) electrons. The molecule has 0 aliphatic heterocycles. The van der Waals surface area contributed by atoms with Gasteiger partial charge in [-0.05, 0) is 30.3 Å². The molecule has 0 saturated carbocycles. The molecule has 0 aliphatic rings. The largest absolute Gasteiger partial charge is 0.452 e. The Morgan fingerprint density at radius 1 is 1.21 bits per heavy atom. The number of aromatic nitrogens is 2. The average molecular weight is 399 g/mol. The third-order valence-corrected chi connectivity index (χ3v) is 4.40. The van der Waals surface area contributed by atoms with Crippen LogP contribution in [0.4, 0.5) is 5.69 Å². The van der Waals surface area contributed by atoms with E-state index in [0.29, 0.717) is 11.6 Å². The van der Waals surface area contributed by atoms with Crippen LogP contribution < -0.4 is 5.73 Å². The molecular weight excluding hydrogens is 380 g/mol. The predicted molar refractivity (Wildman–Crippen MR) is 106 cm³/mol. The number of carbonyl (C=O) groups is 2.